The Bertz CT molecular complexity index is 829. The first-order valence-electron chi connectivity index (χ1n) is 7.85. The molecule has 0 unspecified atom stereocenters. The molecular formula is C20H20N2O2. The minimum Gasteiger partial charge on any atom is -0.444 e. The number of anilines is 1. The Morgan fingerprint density at radius 3 is 2.38 bits per heavy atom. The summed E-state index contributed by atoms with van der Waals surface area (Å²) >= 11 is 0. The molecule has 0 atom stereocenters. The van der Waals surface area contributed by atoms with Crippen LogP contribution in [-0.2, 0) is 5.41 Å². The van der Waals surface area contributed by atoms with Gasteiger partial charge in [-0.2, -0.15) is 0 Å². The van der Waals surface area contributed by atoms with Gasteiger partial charge in [-0.3, -0.25) is 4.79 Å². The maximum Gasteiger partial charge on any atom is 0.255 e. The van der Waals surface area contributed by atoms with Crippen molar-refractivity contribution in [3.63, 3.8) is 0 Å². The number of carbonyl (C=O) groups excluding carboxylic acids is 1. The van der Waals surface area contributed by atoms with Gasteiger partial charge in [0.25, 0.3) is 5.91 Å². The first kappa shape index (κ1) is 16.0. The fraction of sp³-hybridized carbons (Fsp3) is 0.200. The van der Waals surface area contributed by atoms with Crippen molar-refractivity contribution in [1.82, 2.24) is 4.98 Å². The third-order valence-corrected chi connectivity index (χ3v) is 3.85. The number of nitrogens with zero attached hydrogens (tertiary/aromatic N) is 1. The van der Waals surface area contributed by atoms with E-state index < -0.39 is 0 Å². The summed E-state index contributed by atoms with van der Waals surface area (Å²) in [7, 11) is 0. The first-order chi connectivity index (χ1) is 11.4. The number of oxazole rings is 1. The molecule has 3 rings (SSSR count). The van der Waals surface area contributed by atoms with E-state index in [0.29, 0.717) is 11.3 Å². The molecule has 0 bridgehead atoms. The SMILES string of the molecule is CC(C)(C)c1ccccc1NC(=O)c1ccc(-c2cnco2)cc1. The van der Waals surface area contributed by atoms with E-state index >= 15 is 0 Å². The van der Waals surface area contributed by atoms with Gasteiger partial charge >= 0.3 is 0 Å². The highest BCUT2D eigenvalue weighted by molar-refractivity contribution is 6.05. The van der Waals surface area contributed by atoms with Crippen LogP contribution in [0.3, 0.4) is 0 Å². The van der Waals surface area contributed by atoms with Crippen LogP contribution in [0.15, 0.2) is 65.5 Å². The van der Waals surface area contributed by atoms with Crippen LogP contribution in [0.1, 0.15) is 36.7 Å². The largest absolute Gasteiger partial charge is 0.444 e. The minimum atomic E-state index is -0.129. The maximum absolute atomic E-state index is 12.5. The predicted octanol–water partition coefficient (Wildman–Crippen LogP) is 4.89. The third-order valence-electron chi connectivity index (χ3n) is 3.85. The number of amides is 1. The van der Waals surface area contributed by atoms with Gasteiger partial charge in [0.2, 0.25) is 0 Å². The van der Waals surface area contributed by atoms with Gasteiger partial charge in [-0.1, -0.05) is 51.1 Å². The van der Waals surface area contributed by atoms with Gasteiger partial charge in [-0.15, -0.1) is 0 Å². The van der Waals surface area contributed by atoms with Gasteiger partial charge in [0.15, 0.2) is 12.2 Å². The summed E-state index contributed by atoms with van der Waals surface area (Å²) in [5.41, 5.74) is 3.40. The van der Waals surface area contributed by atoms with E-state index in [4.69, 9.17) is 4.42 Å². The lowest BCUT2D eigenvalue weighted by Crippen LogP contribution is -2.18. The van der Waals surface area contributed by atoms with Crippen molar-refractivity contribution >= 4 is 11.6 Å². The second kappa shape index (κ2) is 6.32. The number of carbonyl (C=O) groups is 1. The highest BCUT2D eigenvalue weighted by atomic mass is 16.3. The Kier molecular flexibility index (Phi) is 4.21. The van der Waals surface area contributed by atoms with Crippen LogP contribution in [0, 0.1) is 0 Å². The molecule has 0 radical (unpaired) electrons. The first-order valence-corrected chi connectivity index (χ1v) is 7.85. The van der Waals surface area contributed by atoms with Crippen molar-refractivity contribution < 1.29 is 9.21 Å². The van der Waals surface area contributed by atoms with Crippen molar-refractivity contribution in [2.45, 2.75) is 26.2 Å². The van der Waals surface area contributed by atoms with Crippen LogP contribution >= 0.6 is 0 Å². The lowest BCUT2D eigenvalue weighted by atomic mass is 9.86. The van der Waals surface area contributed by atoms with Gasteiger partial charge in [0, 0.05) is 16.8 Å². The Labute approximate surface area is 141 Å². The number of hydrogen-bond acceptors (Lipinski definition) is 3. The average Bonchev–Trinajstić information content (AvgIpc) is 3.09. The molecule has 0 saturated carbocycles. The predicted molar refractivity (Wildman–Crippen MR) is 95.0 cm³/mol. The summed E-state index contributed by atoms with van der Waals surface area (Å²) in [6, 6.07) is 15.2. The fourth-order valence-electron chi connectivity index (χ4n) is 2.58. The number of rotatable bonds is 3. The van der Waals surface area contributed by atoms with E-state index in [1.165, 1.54) is 6.39 Å². The van der Waals surface area contributed by atoms with Gasteiger partial charge < -0.3 is 9.73 Å². The van der Waals surface area contributed by atoms with Crippen molar-refractivity contribution in [1.29, 1.82) is 0 Å². The number of nitrogens with one attached hydrogen (secondary N) is 1. The molecule has 24 heavy (non-hydrogen) atoms. The van der Waals surface area contributed by atoms with Crippen LogP contribution in [0.2, 0.25) is 0 Å². The zero-order valence-corrected chi connectivity index (χ0v) is 14.0. The number of benzene rings is 2. The van der Waals surface area contributed by atoms with Crippen LogP contribution < -0.4 is 5.32 Å². The highest BCUT2D eigenvalue weighted by Gasteiger charge is 2.19. The molecule has 0 aliphatic rings. The Morgan fingerprint density at radius 1 is 1.04 bits per heavy atom. The van der Waals surface area contributed by atoms with E-state index in [1.807, 2.05) is 36.4 Å². The van der Waals surface area contributed by atoms with E-state index in [1.54, 1.807) is 18.3 Å². The number of hydrogen-bond donors (Lipinski definition) is 1. The molecule has 0 fully saturated rings. The summed E-state index contributed by atoms with van der Waals surface area (Å²) in [5, 5.41) is 3.01. The van der Waals surface area contributed by atoms with Crippen LogP contribution in [0.5, 0.6) is 0 Å². The monoisotopic (exact) mass is 320 g/mol. The summed E-state index contributed by atoms with van der Waals surface area (Å²) in [6.45, 7) is 6.39. The Morgan fingerprint density at radius 2 is 1.75 bits per heavy atom. The smallest absolute Gasteiger partial charge is 0.255 e. The second-order valence-electron chi connectivity index (χ2n) is 6.69. The van der Waals surface area contributed by atoms with E-state index in [9.17, 15) is 4.79 Å². The summed E-state index contributed by atoms with van der Waals surface area (Å²) in [5.74, 6) is 0.552. The van der Waals surface area contributed by atoms with Crippen LogP contribution in [-0.4, -0.2) is 10.9 Å². The number of aromatic nitrogens is 1. The normalized spacial score (nSPS) is 11.3. The highest BCUT2D eigenvalue weighted by Crippen LogP contribution is 2.29. The maximum atomic E-state index is 12.5. The van der Waals surface area contributed by atoms with Crippen LogP contribution in [0.4, 0.5) is 5.69 Å². The zero-order valence-electron chi connectivity index (χ0n) is 14.0. The molecule has 0 saturated heterocycles. The van der Waals surface area contributed by atoms with Gasteiger partial charge in [-0.05, 0) is 29.2 Å². The van der Waals surface area contributed by atoms with Crippen molar-refractivity contribution in [3.05, 3.63) is 72.2 Å². The van der Waals surface area contributed by atoms with Crippen molar-refractivity contribution in [2.75, 3.05) is 5.32 Å². The lowest BCUT2D eigenvalue weighted by Gasteiger charge is -2.23. The van der Waals surface area contributed by atoms with Crippen molar-refractivity contribution in [2.24, 2.45) is 0 Å². The van der Waals surface area contributed by atoms with Gasteiger partial charge in [-0.25, -0.2) is 4.98 Å². The van der Waals surface area contributed by atoms with E-state index in [2.05, 4.69) is 31.1 Å². The standard InChI is InChI=1S/C20H20N2O2/c1-20(2,3)16-6-4-5-7-17(16)22-19(23)15-10-8-14(9-11-15)18-12-21-13-24-18/h4-13H,1-3H3,(H,22,23). The minimum absolute atomic E-state index is 0.0416. The topological polar surface area (TPSA) is 55.1 Å². The Hall–Kier alpha value is -2.88. The average molecular weight is 320 g/mol. The van der Waals surface area contributed by atoms with Crippen molar-refractivity contribution in [3.8, 4) is 11.3 Å². The molecule has 1 amide bonds. The van der Waals surface area contributed by atoms with E-state index in [-0.39, 0.29) is 11.3 Å². The number of para-hydroxylation sites is 1. The third kappa shape index (κ3) is 3.38. The molecule has 2 aromatic carbocycles. The molecule has 122 valence electrons. The molecule has 4 heteroatoms. The summed E-state index contributed by atoms with van der Waals surface area (Å²) < 4.78 is 5.26. The molecule has 3 aromatic rings. The zero-order chi connectivity index (χ0) is 17.2. The molecule has 0 aliphatic carbocycles. The van der Waals surface area contributed by atoms with Gasteiger partial charge in [0.1, 0.15) is 0 Å². The molecule has 4 nitrogen and oxygen atoms in total. The quantitative estimate of drug-likeness (QED) is 0.747. The summed E-state index contributed by atoms with van der Waals surface area (Å²) in [6.07, 6.45) is 3.04. The van der Waals surface area contributed by atoms with Gasteiger partial charge in [0.05, 0.1) is 6.20 Å². The Balaban J connectivity index is 1.81. The summed E-state index contributed by atoms with van der Waals surface area (Å²) in [4.78, 5) is 16.4. The molecule has 0 spiro atoms. The fourth-order valence-corrected chi connectivity index (χ4v) is 2.58. The molecular weight excluding hydrogens is 300 g/mol. The lowest BCUT2D eigenvalue weighted by molar-refractivity contribution is 0.102. The van der Waals surface area contributed by atoms with Crippen LogP contribution in [0.25, 0.3) is 11.3 Å². The molecule has 1 N–H and O–H groups in total. The molecule has 1 heterocycles. The molecule has 1 aromatic heterocycles. The second-order valence-corrected chi connectivity index (χ2v) is 6.69. The van der Waals surface area contributed by atoms with E-state index in [0.717, 1.165) is 16.8 Å². The molecule has 0 aliphatic heterocycles.